The molecule has 0 unspecified atom stereocenters. The minimum atomic E-state index is -0.748. The molecule has 2 aliphatic rings. The number of rotatable bonds is 0. The Morgan fingerprint density at radius 3 is 2.93 bits per heavy atom. The number of thiophene rings is 1. The van der Waals surface area contributed by atoms with E-state index < -0.39 is 12.1 Å². The lowest BCUT2D eigenvalue weighted by atomic mass is 10.1. The Morgan fingerprint density at radius 1 is 1.34 bits per heavy atom. The smallest absolute Gasteiger partial charge is 0.271 e. The summed E-state index contributed by atoms with van der Waals surface area (Å²) >= 11 is 1.48. The molecule has 0 saturated carbocycles. The first-order valence-corrected chi connectivity index (χ1v) is 10.5. The van der Waals surface area contributed by atoms with Crippen molar-refractivity contribution >= 4 is 23.2 Å². The van der Waals surface area contributed by atoms with Gasteiger partial charge in [-0.05, 0) is 30.4 Å². The van der Waals surface area contributed by atoms with Crippen molar-refractivity contribution in [3.63, 3.8) is 0 Å². The molecule has 1 saturated heterocycles. The molecule has 10 heteroatoms. The van der Waals surface area contributed by atoms with Crippen LogP contribution in [-0.4, -0.2) is 81.4 Å². The van der Waals surface area contributed by atoms with Crippen LogP contribution in [0.2, 0.25) is 0 Å². The predicted molar refractivity (Wildman–Crippen MR) is 108 cm³/mol. The molecule has 0 aliphatic carbocycles. The number of fused-ring (bicyclic) bond motifs is 5. The van der Waals surface area contributed by atoms with Crippen LogP contribution >= 0.6 is 11.3 Å². The van der Waals surface area contributed by atoms with E-state index >= 15 is 0 Å². The Balaban J connectivity index is 1.70. The average molecular weight is 420 g/mol. The second kappa shape index (κ2) is 7.77. The number of hydrogen-bond donors (Lipinski definition) is 2. The zero-order valence-electron chi connectivity index (χ0n) is 16.4. The van der Waals surface area contributed by atoms with Crippen molar-refractivity contribution in [3.05, 3.63) is 23.2 Å². The number of aliphatic hydroxyl groups is 1. The van der Waals surface area contributed by atoms with E-state index in [1.165, 1.54) is 11.3 Å². The van der Waals surface area contributed by atoms with Crippen molar-refractivity contribution < 1.29 is 19.4 Å². The van der Waals surface area contributed by atoms with Gasteiger partial charge < -0.3 is 25.4 Å². The van der Waals surface area contributed by atoms with Gasteiger partial charge >= 0.3 is 0 Å². The first-order valence-electron chi connectivity index (χ1n) is 9.59. The molecule has 2 bridgehead atoms. The van der Waals surface area contributed by atoms with Crippen LogP contribution in [0.3, 0.4) is 0 Å². The number of nitrogens with zero attached hydrogens (tertiary/aromatic N) is 4. The van der Waals surface area contributed by atoms with Crippen molar-refractivity contribution in [3.8, 4) is 16.3 Å². The number of amides is 2. The van der Waals surface area contributed by atoms with Gasteiger partial charge in [0.2, 0.25) is 5.91 Å². The Bertz CT molecular complexity index is 926. The molecule has 3 N–H and O–H groups in total. The molecule has 3 atom stereocenters. The van der Waals surface area contributed by atoms with Crippen LogP contribution in [-0.2, 0) is 11.8 Å². The minimum Gasteiger partial charge on any atom is -0.490 e. The standard InChI is InChI=1S/C19H25N5O4S/c1-22-5-3-13(20)18(26)24-9-12(25)7-11(24)10-28-16-4-6-29-17(16)14-8-15(19(22)27)23(2)21-14/h4,6,8,11-13,25H,3,5,7,9-10,20H2,1-2H3/t11-,12-,13-/m0/s1. The SMILES string of the molecule is CN1CC[C@H](N)C(=O)N2C[C@@H](O)C[C@H]2COc2ccsc2-c2cc(n(C)n2)C1=O. The van der Waals surface area contributed by atoms with E-state index in [1.54, 1.807) is 34.6 Å². The molecule has 0 spiro atoms. The maximum absolute atomic E-state index is 12.9. The lowest BCUT2D eigenvalue weighted by molar-refractivity contribution is -0.134. The normalized spacial score (nSPS) is 25.9. The molecular formula is C19H25N5O4S. The van der Waals surface area contributed by atoms with Crippen molar-refractivity contribution in [1.82, 2.24) is 19.6 Å². The third-order valence-electron chi connectivity index (χ3n) is 5.51. The van der Waals surface area contributed by atoms with Crippen LogP contribution in [0.15, 0.2) is 17.5 Å². The summed E-state index contributed by atoms with van der Waals surface area (Å²) in [6, 6.07) is 2.61. The predicted octanol–water partition coefficient (Wildman–Crippen LogP) is 0.292. The molecule has 1 fully saturated rings. The van der Waals surface area contributed by atoms with Crippen molar-refractivity contribution in [2.45, 2.75) is 31.0 Å². The summed E-state index contributed by atoms with van der Waals surface area (Å²) < 4.78 is 7.58. The Hall–Kier alpha value is -2.43. The van der Waals surface area contributed by atoms with E-state index in [0.29, 0.717) is 36.5 Å². The highest BCUT2D eigenvalue weighted by Crippen LogP contribution is 2.36. The van der Waals surface area contributed by atoms with Crippen LogP contribution in [0, 0.1) is 0 Å². The quantitative estimate of drug-likeness (QED) is 0.635. The van der Waals surface area contributed by atoms with Gasteiger partial charge in [-0.3, -0.25) is 14.3 Å². The summed E-state index contributed by atoms with van der Waals surface area (Å²) in [6.45, 7) is 0.848. The van der Waals surface area contributed by atoms with Crippen molar-refractivity contribution in [2.24, 2.45) is 12.8 Å². The first-order chi connectivity index (χ1) is 13.8. The third kappa shape index (κ3) is 3.75. The van der Waals surface area contributed by atoms with Gasteiger partial charge in [0.1, 0.15) is 23.7 Å². The van der Waals surface area contributed by atoms with Crippen LogP contribution in [0.25, 0.3) is 10.6 Å². The maximum Gasteiger partial charge on any atom is 0.271 e. The molecule has 0 radical (unpaired) electrons. The lowest BCUT2D eigenvalue weighted by Gasteiger charge is -2.28. The molecule has 2 aromatic rings. The fourth-order valence-corrected chi connectivity index (χ4v) is 4.64. The molecular weight excluding hydrogens is 394 g/mol. The molecule has 4 rings (SSSR count). The second-order valence-corrected chi connectivity index (χ2v) is 8.54. The number of ether oxygens (including phenoxy) is 1. The summed E-state index contributed by atoms with van der Waals surface area (Å²) in [5.41, 5.74) is 7.26. The monoisotopic (exact) mass is 419 g/mol. The largest absolute Gasteiger partial charge is 0.490 e. The summed E-state index contributed by atoms with van der Waals surface area (Å²) in [5.74, 6) is 0.237. The van der Waals surface area contributed by atoms with Gasteiger partial charge in [0.25, 0.3) is 5.91 Å². The van der Waals surface area contributed by atoms with Gasteiger partial charge in [-0.1, -0.05) is 0 Å². The molecule has 29 heavy (non-hydrogen) atoms. The van der Waals surface area contributed by atoms with E-state index in [-0.39, 0.29) is 31.0 Å². The maximum atomic E-state index is 12.9. The zero-order chi connectivity index (χ0) is 20.7. The highest BCUT2D eigenvalue weighted by molar-refractivity contribution is 7.14. The number of carbonyl (C=O) groups is 2. The fraction of sp³-hybridized carbons (Fsp3) is 0.526. The summed E-state index contributed by atoms with van der Waals surface area (Å²) in [5, 5.41) is 16.5. The summed E-state index contributed by atoms with van der Waals surface area (Å²) in [4.78, 5) is 29.7. The van der Waals surface area contributed by atoms with Crippen LogP contribution < -0.4 is 10.5 Å². The number of aromatic nitrogens is 2. The average Bonchev–Trinajstić information content (AvgIpc) is 3.40. The molecule has 2 aliphatic heterocycles. The van der Waals surface area contributed by atoms with Crippen LogP contribution in [0.1, 0.15) is 23.3 Å². The highest BCUT2D eigenvalue weighted by Gasteiger charge is 2.37. The number of hydrogen-bond acceptors (Lipinski definition) is 7. The number of nitrogens with two attached hydrogens (primary N) is 1. The van der Waals surface area contributed by atoms with Gasteiger partial charge in [0, 0.05) is 27.2 Å². The second-order valence-electron chi connectivity index (χ2n) is 7.62. The fourth-order valence-electron chi connectivity index (χ4n) is 3.85. The third-order valence-corrected chi connectivity index (χ3v) is 6.42. The number of aliphatic hydroxyl groups excluding tert-OH is 1. The molecule has 2 amide bonds. The first kappa shape index (κ1) is 19.9. The number of aryl methyl sites for hydroxylation is 1. The van der Waals surface area contributed by atoms with Gasteiger partial charge in [0.15, 0.2) is 0 Å². The highest BCUT2D eigenvalue weighted by atomic mass is 32.1. The summed E-state index contributed by atoms with van der Waals surface area (Å²) in [7, 11) is 3.42. The molecule has 0 aromatic carbocycles. The van der Waals surface area contributed by atoms with Crippen LogP contribution in [0.5, 0.6) is 5.75 Å². The molecule has 4 heterocycles. The Morgan fingerprint density at radius 2 is 2.14 bits per heavy atom. The minimum absolute atomic E-state index is 0.186. The zero-order valence-corrected chi connectivity index (χ0v) is 17.3. The van der Waals surface area contributed by atoms with Crippen LogP contribution in [0.4, 0.5) is 0 Å². The lowest BCUT2D eigenvalue weighted by Crippen LogP contribution is -2.49. The van der Waals surface area contributed by atoms with E-state index in [0.717, 1.165) is 4.88 Å². The van der Waals surface area contributed by atoms with Crippen molar-refractivity contribution in [2.75, 3.05) is 26.7 Å². The van der Waals surface area contributed by atoms with Gasteiger partial charge in [0.05, 0.1) is 23.1 Å². The van der Waals surface area contributed by atoms with E-state index in [1.807, 2.05) is 11.4 Å². The van der Waals surface area contributed by atoms with E-state index in [4.69, 9.17) is 10.5 Å². The van der Waals surface area contributed by atoms with Crippen molar-refractivity contribution in [1.29, 1.82) is 0 Å². The van der Waals surface area contributed by atoms with Gasteiger partial charge in [-0.25, -0.2) is 0 Å². The Labute approximate surface area is 172 Å². The molecule has 2 aromatic heterocycles. The van der Waals surface area contributed by atoms with E-state index in [2.05, 4.69) is 5.10 Å². The van der Waals surface area contributed by atoms with Gasteiger partial charge in [-0.2, -0.15) is 5.10 Å². The van der Waals surface area contributed by atoms with Gasteiger partial charge in [-0.15, -0.1) is 11.3 Å². The molecule has 156 valence electrons. The molecule has 9 nitrogen and oxygen atoms in total. The topological polar surface area (TPSA) is 114 Å². The number of carbonyl (C=O) groups excluding carboxylic acids is 2. The Kier molecular flexibility index (Phi) is 5.32. The van der Waals surface area contributed by atoms with E-state index in [9.17, 15) is 14.7 Å². The summed E-state index contributed by atoms with van der Waals surface area (Å²) in [6.07, 6.45) is 0.187.